The van der Waals surface area contributed by atoms with Crippen LogP contribution in [0.25, 0.3) is 0 Å². The summed E-state index contributed by atoms with van der Waals surface area (Å²) in [5.74, 6) is -8.01. The molecule has 0 spiro atoms. The van der Waals surface area contributed by atoms with Gasteiger partial charge < -0.3 is 53.6 Å². The molecule has 0 saturated carbocycles. The Morgan fingerprint density at radius 3 is 1.77 bits per heavy atom. The number of aromatic hydroxyl groups is 1. The van der Waals surface area contributed by atoms with Crippen molar-refractivity contribution in [3.05, 3.63) is 65.2 Å². The number of rotatable bonds is 19. The lowest BCUT2D eigenvalue weighted by Crippen LogP contribution is -2.66. The highest BCUT2D eigenvalue weighted by Gasteiger charge is 2.47. The van der Waals surface area contributed by atoms with E-state index < -0.39 is 108 Å². The van der Waals surface area contributed by atoms with Gasteiger partial charge in [0.25, 0.3) is 0 Å². The first-order valence-electron chi connectivity index (χ1n) is 18.1. The third-order valence-corrected chi connectivity index (χ3v) is 9.31. The number of hydrogen-bond acceptors (Lipinski definition) is 10. The van der Waals surface area contributed by atoms with E-state index in [1.807, 2.05) is 0 Å². The molecule has 0 unspecified atom stereocenters. The second-order valence-corrected chi connectivity index (χ2v) is 14.7. The van der Waals surface area contributed by atoms with E-state index in [9.17, 15) is 48.6 Å². The number of hydrogen-bond donors (Lipinski definition) is 10. The summed E-state index contributed by atoms with van der Waals surface area (Å²) in [6, 6.07) is 6.75. The van der Waals surface area contributed by atoms with Gasteiger partial charge in [-0.15, -0.1) is 0 Å². The zero-order valence-corrected chi connectivity index (χ0v) is 32.0. The Labute approximate surface area is 324 Å². The van der Waals surface area contributed by atoms with Gasteiger partial charge in [0.2, 0.25) is 41.4 Å². The van der Waals surface area contributed by atoms with Gasteiger partial charge in [-0.1, -0.05) is 64.1 Å². The monoisotopic (exact) mass is 780 g/mol. The van der Waals surface area contributed by atoms with Crippen LogP contribution in [0.2, 0.25) is 0 Å². The van der Waals surface area contributed by atoms with Gasteiger partial charge in [-0.2, -0.15) is 0 Å². The maximum Gasteiger partial charge on any atom is 0.305 e. The van der Waals surface area contributed by atoms with Gasteiger partial charge in [-0.3, -0.25) is 38.4 Å². The van der Waals surface area contributed by atoms with E-state index in [1.54, 1.807) is 64.1 Å². The lowest BCUT2D eigenvalue weighted by molar-refractivity contribution is -0.142. The molecule has 18 heteroatoms. The Bertz CT molecular complexity index is 1770. The summed E-state index contributed by atoms with van der Waals surface area (Å²) in [7, 11) is 0. The minimum Gasteiger partial charge on any atom is -0.508 e. The zero-order chi connectivity index (χ0) is 41.9. The number of carbonyl (C=O) groups excluding carboxylic acids is 7. The van der Waals surface area contributed by atoms with Crippen LogP contribution < -0.4 is 43.4 Å². The van der Waals surface area contributed by atoms with E-state index in [4.69, 9.17) is 11.5 Å². The number of aliphatic carboxylic acids is 1. The summed E-state index contributed by atoms with van der Waals surface area (Å²) in [6.07, 6.45) is -0.848. The van der Waals surface area contributed by atoms with Crippen LogP contribution in [0.4, 0.5) is 0 Å². The van der Waals surface area contributed by atoms with Gasteiger partial charge in [-0.05, 0) is 54.0 Å². The van der Waals surface area contributed by atoms with E-state index in [0.29, 0.717) is 16.7 Å². The molecule has 0 fully saturated rings. The van der Waals surface area contributed by atoms with Crippen molar-refractivity contribution in [2.24, 2.45) is 23.3 Å². The molecule has 56 heavy (non-hydrogen) atoms. The predicted octanol–water partition coefficient (Wildman–Crippen LogP) is -1.74. The van der Waals surface area contributed by atoms with Gasteiger partial charge >= 0.3 is 5.97 Å². The molecule has 1 aliphatic carbocycles. The van der Waals surface area contributed by atoms with Crippen molar-refractivity contribution < 1.29 is 48.6 Å². The van der Waals surface area contributed by atoms with Crippen LogP contribution >= 0.6 is 0 Å². The molecule has 0 bridgehead atoms. The Balaban J connectivity index is 1.80. The molecular weight excluding hydrogens is 728 g/mol. The number of primary amides is 1. The lowest BCUT2D eigenvalue weighted by Gasteiger charge is -2.33. The van der Waals surface area contributed by atoms with Crippen LogP contribution in [0.3, 0.4) is 0 Å². The van der Waals surface area contributed by atoms with E-state index in [1.165, 1.54) is 19.1 Å². The van der Waals surface area contributed by atoms with Crippen molar-refractivity contribution in [3.8, 4) is 5.75 Å². The number of nitrogens with two attached hydrogens (primary N) is 2. The second-order valence-electron chi connectivity index (χ2n) is 14.7. The molecule has 0 aliphatic heterocycles. The topological polar surface area (TPSA) is 301 Å². The summed E-state index contributed by atoms with van der Waals surface area (Å²) in [5, 5.41) is 34.4. The van der Waals surface area contributed by atoms with E-state index in [2.05, 4.69) is 31.9 Å². The van der Waals surface area contributed by atoms with Gasteiger partial charge in [0.05, 0.1) is 19.0 Å². The van der Waals surface area contributed by atoms with E-state index >= 15 is 0 Å². The average Bonchev–Trinajstić information content (AvgIpc) is 3.51. The highest BCUT2D eigenvalue weighted by Crippen LogP contribution is 2.31. The lowest BCUT2D eigenvalue weighted by atomic mass is 9.92. The maximum atomic E-state index is 14.2. The number of phenolic OH excluding ortho intramolecular Hbond substituents is 1. The largest absolute Gasteiger partial charge is 0.508 e. The predicted molar refractivity (Wildman–Crippen MR) is 202 cm³/mol. The van der Waals surface area contributed by atoms with Crippen molar-refractivity contribution in [1.82, 2.24) is 31.9 Å². The number of fused-ring (bicyclic) bond motifs is 1. The fourth-order valence-electron chi connectivity index (χ4n) is 6.16. The molecule has 2 aromatic carbocycles. The van der Waals surface area contributed by atoms with Crippen molar-refractivity contribution in [2.45, 2.75) is 96.1 Å². The zero-order valence-electron chi connectivity index (χ0n) is 32.0. The summed E-state index contributed by atoms with van der Waals surface area (Å²) >= 11 is 0. The molecular formula is C38H52N8O10. The van der Waals surface area contributed by atoms with Gasteiger partial charge in [0.15, 0.2) is 0 Å². The van der Waals surface area contributed by atoms with Gasteiger partial charge in [0.1, 0.15) is 35.5 Å². The first kappa shape index (κ1) is 44.4. The summed E-state index contributed by atoms with van der Waals surface area (Å²) in [4.78, 5) is 104. The fraction of sp³-hybridized carbons (Fsp3) is 0.474. The van der Waals surface area contributed by atoms with Crippen LogP contribution in [0.5, 0.6) is 5.75 Å². The third kappa shape index (κ3) is 12.2. The Morgan fingerprint density at radius 2 is 1.25 bits per heavy atom. The van der Waals surface area contributed by atoms with Gasteiger partial charge in [-0.25, -0.2) is 0 Å². The Kier molecular flexibility index (Phi) is 15.5. The quantitative estimate of drug-likeness (QED) is 0.0764. The van der Waals surface area contributed by atoms with Crippen molar-refractivity contribution in [2.75, 3.05) is 6.54 Å². The van der Waals surface area contributed by atoms with Crippen molar-refractivity contribution >= 4 is 47.3 Å². The van der Waals surface area contributed by atoms with Crippen LogP contribution in [-0.4, -0.2) is 99.8 Å². The van der Waals surface area contributed by atoms with Crippen LogP contribution in [0.1, 0.15) is 57.7 Å². The minimum absolute atomic E-state index is 0.0331. The molecule has 0 aromatic heterocycles. The molecule has 7 amide bonds. The molecule has 5 atom stereocenters. The summed E-state index contributed by atoms with van der Waals surface area (Å²) in [6.45, 7) is 7.44. The van der Waals surface area contributed by atoms with Crippen LogP contribution in [0.15, 0.2) is 48.5 Å². The molecule has 0 saturated heterocycles. The molecule has 0 heterocycles. The smallest absolute Gasteiger partial charge is 0.305 e. The minimum atomic E-state index is -1.72. The summed E-state index contributed by atoms with van der Waals surface area (Å²) in [5.41, 5.74) is 11.6. The molecule has 0 radical (unpaired) electrons. The molecule has 2 aromatic rings. The first-order chi connectivity index (χ1) is 26.2. The number of carboxylic acids is 1. The third-order valence-electron chi connectivity index (χ3n) is 9.31. The number of phenols is 1. The number of benzene rings is 2. The maximum absolute atomic E-state index is 14.2. The molecule has 18 nitrogen and oxygen atoms in total. The van der Waals surface area contributed by atoms with E-state index in [0.717, 1.165) is 0 Å². The van der Waals surface area contributed by atoms with Crippen LogP contribution in [0, 0.1) is 11.8 Å². The standard InChI is InChI=1S/C38H52N8O10/c1-19(2)30(35(54)41-18-28(40)48)45-36(55)31(20(3)4)44-34(53)27(15-29(49)50)43-37(56)38(16-23-8-6-7-9-24(23)17-38)46-32(51)21(5)42-33(52)26(39)14-22-10-12-25(47)13-11-22/h6-13,19-21,26-27,30-31,47H,14-18,39H2,1-5H3,(H2,40,48)(H,41,54)(H,42,52)(H,43,56)(H,44,53)(H,45,55)(H,46,51)(H,49,50)/t21-,26-,27-,30-,31-/m0/s1. The number of carboxylic acid groups (broad SMARTS) is 1. The average molecular weight is 781 g/mol. The molecule has 3 rings (SSSR count). The first-order valence-corrected chi connectivity index (χ1v) is 18.1. The van der Waals surface area contributed by atoms with Crippen molar-refractivity contribution in [3.63, 3.8) is 0 Å². The van der Waals surface area contributed by atoms with Gasteiger partial charge in [0, 0.05) is 12.8 Å². The fourth-order valence-corrected chi connectivity index (χ4v) is 6.16. The Hall–Kier alpha value is -6.04. The normalized spacial score (nSPS) is 15.6. The van der Waals surface area contributed by atoms with E-state index in [-0.39, 0.29) is 25.0 Å². The molecule has 12 N–H and O–H groups in total. The SMILES string of the molecule is CC(C)[C@H](NC(=O)[C@H](CC(=O)O)NC(=O)C1(NC(=O)[C@H](C)NC(=O)[C@@H](N)Cc2ccc(O)cc2)Cc2ccccc2C1)C(=O)N[C@H](C(=O)NCC(N)=O)C(C)C. The molecule has 304 valence electrons. The number of amides is 7. The number of nitrogens with one attached hydrogen (secondary N) is 6. The van der Waals surface area contributed by atoms with Crippen LogP contribution in [-0.2, 0) is 57.6 Å². The number of carbonyl (C=O) groups is 8. The highest BCUT2D eigenvalue weighted by molar-refractivity contribution is 6.00. The summed E-state index contributed by atoms with van der Waals surface area (Å²) < 4.78 is 0. The molecule has 1 aliphatic rings. The second kappa shape index (κ2) is 19.5. The van der Waals surface area contributed by atoms with Crippen molar-refractivity contribution in [1.29, 1.82) is 0 Å². The Morgan fingerprint density at radius 1 is 0.714 bits per heavy atom. The highest BCUT2D eigenvalue weighted by atomic mass is 16.4.